The first-order valence-corrected chi connectivity index (χ1v) is 13.6. The first-order valence-electron chi connectivity index (χ1n) is 11.9. The molecular formula is C28H22Cl2F5N3OS. The van der Waals surface area contributed by atoms with Gasteiger partial charge >= 0.3 is 6.18 Å². The van der Waals surface area contributed by atoms with Gasteiger partial charge in [0.05, 0.1) is 27.4 Å². The minimum Gasteiger partial charge on any atom is -0.343 e. The molecule has 0 aliphatic carbocycles. The molecule has 0 spiro atoms. The number of amides is 1. The summed E-state index contributed by atoms with van der Waals surface area (Å²) in [5, 5.41) is 2.99. The maximum atomic E-state index is 14.8. The molecule has 1 atom stereocenters. The first kappa shape index (κ1) is 29.9. The summed E-state index contributed by atoms with van der Waals surface area (Å²) in [7, 11) is 0. The number of nitrogens with one attached hydrogen (secondary N) is 1. The zero-order chi connectivity index (χ0) is 29.1. The number of rotatable bonds is 6. The third-order valence-corrected chi connectivity index (χ3v) is 8.02. The van der Waals surface area contributed by atoms with Gasteiger partial charge in [-0.1, -0.05) is 65.3 Å². The summed E-state index contributed by atoms with van der Waals surface area (Å²) in [4.78, 5) is 16.5. The van der Waals surface area contributed by atoms with Gasteiger partial charge in [-0.2, -0.15) is 13.2 Å². The number of allylic oxidation sites excluding steroid dienone is 6. The van der Waals surface area contributed by atoms with Crippen molar-refractivity contribution >= 4 is 40.9 Å². The molecule has 2 heterocycles. The van der Waals surface area contributed by atoms with Crippen LogP contribution >= 0.6 is 35.0 Å². The lowest BCUT2D eigenvalue weighted by atomic mass is 9.79. The number of benzene rings is 2. The maximum Gasteiger partial charge on any atom is 0.405 e. The van der Waals surface area contributed by atoms with E-state index in [0.717, 1.165) is 17.3 Å². The van der Waals surface area contributed by atoms with Crippen LogP contribution in [0.3, 0.4) is 0 Å². The summed E-state index contributed by atoms with van der Waals surface area (Å²) in [6.45, 7) is 0.690. The van der Waals surface area contributed by atoms with Crippen molar-refractivity contribution in [2.75, 3.05) is 6.54 Å². The monoisotopic (exact) mass is 613 g/mol. The van der Waals surface area contributed by atoms with Gasteiger partial charge in [0.2, 0.25) is 0 Å². The molecule has 1 unspecified atom stereocenters. The Kier molecular flexibility index (Phi) is 9.12. The fourth-order valence-corrected chi connectivity index (χ4v) is 5.38. The number of halogens is 7. The minimum absolute atomic E-state index is 0.115. The van der Waals surface area contributed by atoms with Crippen molar-refractivity contribution in [2.24, 2.45) is 0 Å². The van der Waals surface area contributed by atoms with Gasteiger partial charge in [0.25, 0.3) is 5.91 Å². The van der Waals surface area contributed by atoms with Crippen molar-refractivity contribution in [3.63, 3.8) is 0 Å². The summed E-state index contributed by atoms with van der Waals surface area (Å²) in [6, 6.07) is 8.75. The number of carbonyl (C=O) groups excluding carboxylic acids is 1. The van der Waals surface area contributed by atoms with Crippen LogP contribution in [0.5, 0.6) is 0 Å². The molecule has 1 amide bonds. The highest BCUT2D eigenvalue weighted by atomic mass is 35.5. The van der Waals surface area contributed by atoms with Gasteiger partial charge in [-0.25, -0.2) is 13.8 Å². The standard InChI is InChI=1S/C28H22Cl2F5N3OS/c1-27(19-8-9-21(29)22(30)13-19)10-2-4-20(31)5-3-11-38-24(27)14-36-26(38)40-15-18-7-6-17(12-23(18)32)25(39)37-16-28(33,34)35/h2-10,12-14H,11,15-16H2,1H3,(H,37,39). The van der Waals surface area contributed by atoms with E-state index in [9.17, 15) is 26.7 Å². The van der Waals surface area contributed by atoms with Crippen LogP contribution in [0.1, 0.15) is 34.1 Å². The molecule has 210 valence electrons. The van der Waals surface area contributed by atoms with Crippen LogP contribution in [0.2, 0.25) is 10.0 Å². The molecular weight excluding hydrogens is 592 g/mol. The van der Waals surface area contributed by atoms with Gasteiger partial charge in [-0.3, -0.25) is 4.79 Å². The number of aromatic nitrogens is 2. The van der Waals surface area contributed by atoms with Crippen LogP contribution in [0.15, 0.2) is 84.0 Å². The molecule has 12 heteroatoms. The Hall–Kier alpha value is -3.08. The van der Waals surface area contributed by atoms with E-state index in [0.29, 0.717) is 15.2 Å². The lowest BCUT2D eigenvalue weighted by Gasteiger charge is -2.29. The predicted octanol–water partition coefficient (Wildman–Crippen LogP) is 8.20. The Morgan fingerprint density at radius 2 is 1.93 bits per heavy atom. The highest BCUT2D eigenvalue weighted by Crippen LogP contribution is 2.39. The van der Waals surface area contributed by atoms with Crippen LogP contribution in [0, 0.1) is 5.82 Å². The average molecular weight is 614 g/mol. The molecule has 1 aliphatic heterocycles. The fourth-order valence-electron chi connectivity index (χ4n) is 4.10. The second kappa shape index (κ2) is 12.2. The minimum atomic E-state index is -4.58. The molecule has 1 N–H and O–H groups in total. The molecule has 40 heavy (non-hydrogen) atoms. The van der Waals surface area contributed by atoms with Gasteiger partial charge in [0.1, 0.15) is 18.2 Å². The number of nitrogens with zero attached hydrogens (tertiary/aromatic N) is 2. The normalized spacial score (nSPS) is 17.4. The Bertz CT molecular complexity index is 1520. The first-order chi connectivity index (χ1) is 18.9. The van der Waals surface area contributed by atoms with Crippen molar-refractivity contribution in [2.45, 2.75) is 36.0 Å². The Balaban J connectivity index is 1.62. The van der Waals surface area contributed by atoms with E-state index in [-0.39, 0.29) is 23.4 Å². The van der Waals surface area contributed by atoms with Crippen LogP contribution < -0.4 is 5.32 Å². The summed E-state index contributed by atoms with van der Waals surface area (Å²) < 4.78 is 68.1. The van der Waals surface area contributed by atoms with Crippen molar-refractivity contribution in [1.29, 1.82) is 0 Å². The molecule has 0 fully saturated rings. The summed E-state index contributed by atoms with van der Waals surface area (Å²) >= 11 is 13.7. The molecule has 4 rings (SSSR count). The highest BCUT2D eigenvalue weighted by molar-refractivity contribution is 7.98. The molecule has 3 aromatic rings. The largest absolute Gasteiger partial charge is 0.405 e. The molecule has 1 aromatic heterocycles. The second-order valence-corrected chi connectivity index (χ2v) is 10.8. The van der Waals surface area contributed by atoms with E-state index in [1.807, 2.05) is 23.6 Å². The highest BCUT2D eigenvalue weighted by Gasteiger charge is 2.32. The van der Waals surface area contributed by atoms with E-state index in [2.05, 4.69) is 4.98 Å². The topological polar surface area (TPSA) is 46.9 Å². The van der Waals surface area contributed by atoms with E-state index in [1.165, 1.54) is 36.0 Å². The van der Waals surface area contributed by atoms with Gasteiger partial charge < -0.3 is 9.88 Å². The van der Waals surface area contributed by atoms with Crippen LogP contribution in [0.4, 0.5) is 22.0 Å². The van der Waals surface area contributed by atoms with Crippen molar-refractivity contribution in [3.05, 3.63) is 117 Å². The van der Waals surface area contributed by atoms with Crippen molar-refractivity contribution < 1.29 is 26.7 Å². The SMILES string of the molecule is CC1(c2ccc(Cl)c(Cl)c2)C=CC=C(F)C=CCn2c1cnc2SCc1ccc(C(=O)NCC(F)(F)F)cc1F. The summed E-state index contributed by atoms with van der Waals surface area (Å²) in [5.74, 6) is -2.09. The van der Waals surface area contributed by atoms with Crippen molar-refractivity contribution in [3.8, 4) is 0 Å². The van der Waals surface area contributed by atoms with Gasteiger partial charge in [0.15, 0.2) is 5.16 Å². The van der Waals surface area contributed by atoms with E-state index in [4.69, 9.17) is 23.2 Å². The number of hydrogen-bond donors (Lipinski definition) is 1. The molecule has 0 radical (unpaired) electrons. The van der Waals surface area contributed by atoms with Gasteiger partial charge in [-0.15, -0.1) is 0 Å². The molecule has 1 aliphatic rings. The van der Waals surface area contributed by atoms with E-state index >= 15 is 0 Å². The Morgan fingerprint density at radius 3 is 2.62 bits per heavy atom. The predicted molar refractivity (Wildman–Crippen MR) is 147 cm³/mol. The smallest absolute Gasteiger partial charge is 0.343 e. The third kappa shape index (κ3) is 6.97. The molecule has 0 bridgehead atoms. The summed E-state index contributed by atoms with van der Waals surface area (Å²) in [6.07, 6.45) is 4.89. The molecule has 4 nitrogen and oxygen atoms in total. The lowest BCUT2D eigenvalue weighted by Crippen LogP contribution is -2.33. The molecule has 0 saturated heterocycles. The number of hydrogen-bond acceptors (Lipinski definition) is 3. The third-order valence-electron chi connectivity index (χ3n) is 6.24. The number of carbonyl (C=O) groups is 1. The number of fused-ring (bicyclic) bond motifs is 1. The zero-order valence-corrected chi connectivity index (χ0v) is 23.2. The number of imidazole rings is 1. The quantitative estimate of drug-likeness (QED) is 0.225. The van der Waals surface area contributed by atoms with Crippen LogP contribution in [-0.4, -0.2) is 28.2 Å². The average Bonchev–Trinajstić information content (AvgIpc) is 3.30. The maximum absolute atomic E-state index is 14.8. The van der Waals surface area contributed by atoms with E-state index < -0.39 is 35.7 Å². The van der Waals surface area contributed by atoms with Crippen LogP contribution in [0.25, 0.3) is 0 Å². The Labute approximate surface area is 241 Å². The number of alkyl halides is 3. The fraction of sp³-hybridized carbons (Fsp3) is 0.214. The van der Waals surface area contributed by atoms with Gasteiger partial charge in [-0.05, 0) is 54.5 Å². The van der Waals surface area contributed by atoms with Crippen molar-refractivity contribution in [1.82, 2.24) is 14.9 Å². The molecule has 2 aromatic carbocycles. The van der Waals surface area contributed by atoms with E-state index in [1.54, 1.807) is 35.8 Å². The summed E-state index contributed by atoms with van der Waals surface area (Å²) in [5.41, 5.74) is 0.768. The van der Waals surface area contributed by atoms with Gasteiger partial charge in [0, 0.05) is 17.9 Å². The van der Waals surface area contributed by atoms with Crippen LogP contribution in [-0.2, 0) is 17.7 Å². The lowest BCUT2D eigenvalue weighted by molar-refractivity contribution is -0.123. The zero-order valence-electron chi connectivity index (χ0n) is 20.9. The Morgan fingerprint density at radius 1 is 1.15 bits per heavy atom. The second-order valence-electron chi connectivity index (χ2n) is 9.07. The number of thioether (sulfide) groups is 1. The molecule has 0 saturated carbocycles.